The van der Waals surface area contributed by atoms with Gasteiger partial charge >= 0.3 is 12.1 Å². The van der Waals surface area contributed by atoms with E-state index >= 15 is 0 Å². The molecule has 0 spiro atoms. The number of carbonyl (C=O) groups is 5. The van der Waals surface area contributed by atoms with Crippen molar-refractivity contribution in [1.82, 2.24) is 19.6 Å². The summed E-state index contributed by atoms with van der Waals surface area (Å²) in [5, 5.41) is 0. The second-order valence-corrected chi connectivity index (χ2v) is 19.0. The van der Waals surface area contributed by atoms with Gasteiger partial charge in [-0.1, -0.05) is 39.9 Å². The van der Waals surface area contributed by atoms with Gasteiger partial charge in [-0.3, -0.25) is 24.2 Å². The number of hydrogen-bond acceptors (Lipinski definition) is 9. The Morgan fingerprint density at radius 2 is 1.60 bits per heavy atom. The van der Waals surface area contributed by atoms with Gasteiger partial charge in [-0.2, -0.15) is 0 Å². The van der Waals surface area contributed by atoms with Crippen LogP contribution in [0.25, 0.3) is 0 Å². The number of rotatable bonds is 14. The van der Waals surface area contributed by atoms with Crippen LogP contribution in [0.3, 0.4) is 0 Å². The largest absolute Gasteiger partial charge is 0.385 e. The number of unbranched alkanes of at least 4 members (excludes halogenated alkanes) is 1. The van der Waals surface area contributed by atoms with E-state index in [9.17, 15) is 24.0 Å². The zero-order valence-electron chi connectivity index (χ0n) is 26.6. The Hall–Kier alpha value is -2.97. The number of amides is 7. The zero-order chi connectivity index (χ0) is 32.1. The van der Waals surface area contributed by atoms with Crippen LogP contribution in [0.5, 0.6) is 0 Å². The van der Waals surface area contributed by atoms with Crippen LogP contribution in [0, 0.1) is 5.41 Å². The van der Waals surface area contributed by atoms with Gasteiger partial charge in [0.05, 0.1) is 6.61 Å². The molecular weight excluding hydrogens is 572 g/mol. The maximum Gasteiger partial charge on any atom is 0.334 e. The highest BCUT2D eigenvalue weighted by atomic mass is 28.3. The second-order valence-electron chi connectivity index (χ2n) is 13.3. The van der Waals surface area contributed by atoms with E-state index < -0.39 is 49.9 Å². The molecule has 1 aliphatic carbocycles. The van der Waals surface area contributed by atoms with E-state index in [0.29, 0.717) is 51.9 Å². The smallest absolute Gasteiger partial charge is 0.334 e. The predicted molar refractivity (Wildman–Crippen MR) is 163 cm³/mol. The van der Waals surface area contributed by atoms with Crippen LogP contribution in [-0.2, 0) is 23.9 Å². The lowest BCUT2D eigenvalue weighted by atomic mass is 9.73. The van der Waals surface area contributed by atoms with Gasteiger partial charge in [0.25, 0.3) is 17.7 Å². The maximum atomic E-state index is 13.5. The normalized spacial score (nSPS) is 25.4. The average molecular weight is 623 g/mol. The molecule has 43 heavy (non-hydrogen) atoms. The van der Waals surface area contributed by atoms with Crippen LogP contribution in [0.15, 0.2) is 11.4 Å². The van der Waals surface area contributed by atoms with Gasteiger partial charge in [-0.15, -0.1) is 0 Å². The zero-order valence-corrected chi connectivity index (χ0v) is 27.6. The molecule has 2 aliphatic heterocycles. The third-order valence-corrected chi connectivity index (χ3v) is 10.2. The third-order valence-electron chi connectivity index (χ3n) is 8.53. The van der Waals surface area contributed by atoms with Crippen molar-refractivity contribution in [3.63, 3.8) is 0 Å². The molecule has 4 N–H and O–H groups in total. The SMILES string of the molecule is CCCCN1C(=O)C(=C(N)N)C(=O)N(C2CCC(C)(CN3C(=O)N(COCC[Si](C)(C)C)C(=O)C3COCC)CC2)C1=O. The number of hydrogen-bond donors (Lipinski definition) is 2. The number of nitrogens with zero attached hydrogens (tertiary/aromatic N) is 4. The van der Waals surface area contributed by atoms with Gasteiger partial charge in [0, 0.05) is 40.4 Å². The van der Waals surface area contributed by atoms with Crippen molar-refractivity contribution in [1.29, 1.82) is 0 Å². The fourth-order valence-corrected chi connectivity index (χ4v) is 6.53. The molecule has 1 atom stereocenters. The Morgan fingerprint density at radius 3 is 2.16 bits per heavy atom. The van der Waals surface area contributed by atoms with E-state index in [1.807, 2.05) is 20.8 Å². The minimum absolute atomic E-state index is 0.0907. The number of nitrogens with two attached hydrogens (primary N) is 2. The van der Waals surface area contributed by atoms with Gasteiger partial charge in [-0.05, 0) is 50.5 Å². The van der Waals surface area contributed by atoms with Gasteiger partial charge in [0.15, 0.2) is 0 Å². The molecule has 0 aromatic carbocycles. The van der Waals surface area contributed by atoms with Crippen LogP contribution in [0.1, 0.15) is 59.3 Å². The van der Waals surface area contributed by atoms with Crippen LogP contribution in [0.4, 0.5) is 9.59 Å². The summed E-state index contributed by atoms with van der Waals surface area (Å²) in [5.74, 6) is -2.25. The van der Waals surface area contributed by atoms with Crippen molar-refractivity contribution in [2.75, 3.05) is 39.6 Å². The first kappa shape index (κ1) is 34.5. The predicted octanol–water partition coefficient (Wildman–Crippen LogP) is 2.64. The topological polar surface area (TPSA) is 169 Å². The van der Waals surface area contributed by atoms with Crippen LogP contribution in [0.2, 0.25) is 25.7 Å². The third kappa shape index (κ3) is 7.95. The number of urea groups is 2. The monoisotopic (exact) mass is 622 g/mol. The molecule has 242 valence electrons. The number of ether oxygens (including phenoxy) is 2. The van der Waals surface area contributed by atoms with E-state index in [-0.39, 0.29) is 36.8 Å². The first-order chi connectivity index (χ1) is 20.2. The first-order valence-electron chi connectivity index (χ1n) is 15.4. The summed E-state index contributed by atoms with van der Waals surface area (Å²) >= 11 is 0. The minimum atomic E-state index is -1.33. The van der Waals surface area contributed by atoms with Gasteiger partial charge in [-0.25, -0.2) is 14.5 Å². The molecule has 0 aromatic heterocycles. The van der Waals surface area contributed by atoms with Crippen LogP contribution < -0.4 is 11.5 Å². The highest BCUT2D eigenvalue weighted by Crippen LogP contribution is 2.41. The molecule has 3 fully saturated rings. The molecule has 7 amide bonds. The fourth-order valence-electron chi connectivity index (χ4n) is 5.78. The molecule has 13 nitrogen and oxygen atoms in total. The van der Waals surface area contributed by atoms with Crippen LogP contribution >= 0.6 is 0 Å². The Bertz CT molecular complexity index is 1110. The quantitative estimate of drug-likeness (QED) is 0.0972. The fraction of sp³-hybridized carbons (Fsp3) is 0.759. The van der Waals surface area contributed by atoms with Gasteiger partial charge in [0.1, 0.15) is 24.2 Å². The lowest BCUT2D eigenvalue weighted by Crippen LogP contribution is -2.61. The minimum Gasteiger partial charge on any atom is -0.385 e. The Morgan fingerprint density at radius 1 is 0.953 bits per heavy atom. The summed E-state index contributed by atoms with van der Waals surface area (Å²) in [6.07, 6.45) is 3.45. The van der Waals surface area contributed by atoms with E-state index in [1.54, 1.807) is 4.90 Å². The highest BCUT2D eigenvalue weighted by Gasteiger charge is 2.50. The molecule has 3 rings (SSSR count). The Labute approximate surface area is 255 Å². The lowest BCUT2D eigenvalue weighted by Gasteiger charge is -2.45. The molecule has 0 bridgehead atoms. The lowest BCUT2D eigenvalue weighted by molar-refractivity contribution is -0.138. The van der Waals surface area contributed by atoms with E-state index in [4.69, 9.17) is 20.9 Å². The van der Waals surface area contributed by atoms with Crippen molar-refractivity contribution in [2.45, 2.75) is 97.1 Å². The average Bonchev–Trinajstić information content (AvgIpc) is 3.13. The van der Waals surface area contributed by atoms with Crippen molar-refractivity contribution < 1.29 is 33.4 Å². The molecule has 0 aromatic rings. The summed E-state index contributed by atoms with van der Waals surface area (Å²) in [5.41, 5.74) is 10.7. The van der Waals surface area contributed by atoms with Crippen molar-refractivity contribution in [2.24, 2.45) is 16.9 Å². The summed E-state index contributed by atoms with van der Waals surface area (Å²) in [4.78, 5) is 71.3. The molecule has 3 aliphatic rings. The van der Waals surface area contributed by atoms with E-state index in [0.717, 1.165) is 22.3 Å². The number of imide groups is 3. The molecule has 2 saturated heterocycles. The second kappa shape index (κ2) is 14.2. The van der Waals surface area contributed by atoms with Crippen molar-refractivity contribution in [3.05, 3.63) is 11.4 Å². The van der Waals surface area contributed by atoms with Crippen molar-refractivity contribution >= 4 is 37.9 Å². The summed E-state index contributed by atoms with van der Waals surface area (Å²) in [6.45, 7) is 13.9. The molecule has 0 radical (unpaired) electrons. The maximum absolute atomic E-state index is 13.5. The molecule has 2 heterocycles. The van der Waals surface area contributed by atoms with Gasteiger partial charge < -0.3 is 25.8 Å². The molecular formula is C29H50N6O7Si. The Kier molecular flexibility index (Phi) is 11.4. The molecule has 1 unspecified atom stereocenters. The number of carbonyl (C=O) groups excluding carboxylic acids is 5. The first-order valence-corrected chi connectivity index (χ1v) is 19.1. The van der Waals surface area contributed by atoms with E-state index in [1.165, 1.54) is 4.90 Å². The van der Waals surface area contributed by atoms with E-state index in [2.05, 4.69) is 19.6 Å². The van der Waals surface area contributed by atoms with Crippen molar-refractivity contribution in [3.8, 4) is 0 Å². The van der Waals surface area contributed by atoms with Gasteiger partial charge in [0.2, 0.25) is 0 Å². The summed E-state index contributed by atoms with van der Waals surface area (Å²) in [7, 11) is -1.33. The standard InChI is InChI=1S/C29H50N6O7Si/c1-7-9-14-32-25(37)22(23(30)31)26(38)35(28(32)40)20-10-12-29(3,13-11-20)18-33-21(17-41-8-2)24(36)34(27(33)39)19-42-15-16-43(4,5)6/h20-21H,7-19,30-31H2,1-6H3. The summed E-state index contributed by atoms with van der Waals surface area (Å²) in [6, 6.07) is -1.32. The van der Waals surface area contributed by atoms with Crippen LogP contribution in [-0.4, -0.2) is 109 Å². The Balaban J connectivity index is 1.72. The molecule has 14 heteroatoms. The highest BCUT2D eigenvalue weighted by molar-refractivity contribution is 6.76. The number of barbiturate groups is 1. The molecule has 1 saturated carbocycles. The summed E-state index contributed by atoms with van der Waals surface area (Å²) < 4.78 is 11.3.